The molecule has 4 nitrogen and oxygen atoms in total. The Morgan fingerprint density at radius 2 is 1.72 bits per heavy atom. The average molecular weight is 356 g/mol. The summed E-state index contributed by atoms with van der Waals surface area (Å²) in [7, 11) is 0. The van der Waals surface area contributed by atoms with Gasteiger partial charge in [-0.05, 0) is 53.8 Å². The maximum absolute atomic E-state index is 12.2. The van der Waals surface area contributed by atoms with Crippen LogP contribution in [0.25, 0.3) is 0 Å². The van der Waals surface area contributed by atoms with Gasteiger partial charge in [-0.1, -0.05) is 32.9 Å². The van der Waals surface area contributed by atoms with Gasteiger partial charge in [0.2, 0.25) is 11.8 Å². The van der Waals surface area contributed by atoms with Crippen molar-refractivity contribution in [1.82, 2.24) is 0 Å². The van der Waals surface area contributed by atoms with E-state index >= 15 is 0 Å². The molecule has 5 heteroatoms. The van der Waals surface area contributed by atoms with Gasteiger partial charge in [0.15, 0.2) is 0 Å². The van der Waals surface area contributed by atoms with Gasteiger partial charge in [0.1, 0.15) is 0 Å². The highest BCUT2D eigenvalue weighted by Gasteiger charge is 2.15. The lowest BCUT2D eigenvalue weighted by atomic mass is 9.87. The van der Waals surface area contributed by atoms with Crippen LogP contribution in [0, 0.1) is 6.92 Å². The van der Waals surface area contributed by atoms with Crippen molar-refractivity contribution < 1.29 is 9.59 Å². The first-order chi connectivity index (χ1) is 11.7. The van der Waals surface area contributed by atoms with E-state index in [0.717, 1.165) is 10.5 Å². The number of hydrogen-bond donors (Lipinski definition) is 2. The number of anilines is 1. The summed E-state index contributed by atoms with van der Waals surface area (Å²) in [5.74, 6) is -0.244. The van der Waals surface area contributed by atoms with E-state index in [9.17, 15) is 9.59 Å². The van der Waals surface area contributed by atoms with Crippen LogP contribution in [0.1, 0.15) is 42.3 Å². The van der Waals surface area contributed by atoms with Gasteiger partial charge in [0.25, 0.3) is 0 Å². The lowest BCUT2D eigenvalue weighted by Gasteiger charge is -2.20. The Balaban J connectivity index is 1.99. The first-order valence-electron chi connectivity index (χ1n) is 8.10. The van der Waals surface area contributed by atoms with E-state index in [1.54, 1.807) is 24.3 Å². The molecule has 0 aliphatic rings. The zero-order valence-corrected chi connectivity index (χ0v) is 15.9. The molecule has 3 N–H and O–H groups in total. The average Bonchev–Trinajstić information content (AvgIpc) is 2.53. The van der Waals surface area contributed by atoms with Crippen molar-refractivity contribution in [2.75, 3.05) is 11.1 Å². The summed E-state index contributed by atoms with van der Waals surface area (Å²) in [6.45, 7) is 8.58. The SMILES string of the molecule is Cc1ccc(C(C)(C)C)cc1SCC(=O)Nc1ccc(C(N)=O)cc1. The van der Waals surface area contributed by atoms with Gasteiger partial charge in [0.05, 0.1) is 5.75 Å². The van der Waals surface area contributed by atoms with E-state index in [-0.39, 0.29) is 11.3 Å². The van der Waals surface area contributed by atoms with Crippen molar-refractivity contribution in [3.63, 3.8) is 0 Å². The molecule has 2 rings (SSSR count). The van der Waals surface area contributed by atoms with E-state index in [1.165, 1.54) is 17.3 Å². The number of rotatable bonds is 5. The largest absolute Gasteiger partial charge is 0.366 e. The fourth-order valence-electron chi connectivity index (χ4n) is 2.28. The second-order valence-electron chi connectivity index (χ2n) is 7.01. The van der Waals surface area contributed by atoms with Crippen molar-refractivity contribution in [3.05, 3.63) is 59.2 Å². The molecule has 0 unspecified atom stereocenters. The Labute approximate surface area is 153 Å². The second-order valence-corrected chi connectivity index (χ2v) is 8.03. The third-order valence-corrected chi connectivity index (χ3v) is 5.02. The van der Waals surface area contributed by atoms with E-state index in [0.29, 0.717) is 17.0 Å². The molecule has 25 heavy (non-hydrogen) atoms. The van der Waals surface area contributed by atoms with Crippen molar-refractivity contribution in [1.29, 1.82) is 0 Å². The third kappa shape index (κ3) is 5.36. The molecule has 2 amide bonds. The highest BCUT2D eigenvalue weighted by molar-refractivity contribution is 8.00. The van der Waals surface area contributed by atoms with Crippen LogP contribution in [-0.4, -0.2) is 17.6 Å². The number of thioether (sulfide) groups is 1. The minimum absolute atomic E-state index is 0.0768. The van der Waals surface area contributed by atoms with Gasteiger partial charge in [-0.15, -0.1) is 11.8 Å². The molecule has 0 aromatic heterocycles. The van der Waals surface area contributed by atoms with Crippen molar-refractivity contribution >= 4 is 29.3 Å². The quantitative estimate of drug-likeness (QED) is 0.792. The smallest absolute Gasteiger partial charge is 0.248 e. The van der Waals surface area contributed by atoms with Crippen LogP contribution in [0.3, 0.4) is 0 Å². The first-order valence-corrected chi connectivity index (χ1v) is 9.09. The summed E-state index contributed by atoms with van der Waals surface area (Å²) in [5, 5.41) is 2.83. The highest BCUT2D eigenvalue weighted by Crippen LogP contribution is 2.29. The minimum Gasteiger partial charge on any atom is -0.366 e. The molecule has 0 saturated carbocycles. The number of amides is 2. The first kappa shape index (κ1) is 19.1. The van der Waals surface area contributed by atoms with E-state index in [4.69, 9.17) is 5.73 Å². The maximum atomic E-state index is 12.2. The van der Waals surface area contributed by atoms with Crippen LogP contribution < -0.4 is 11.1 Å². The zero-order valence-electron chi connectivity index (χ0n) is 15.1. The van der Waals surface area contributed by atoms with Crippen LogP contribution in [0.4, 0.5) is 5.69 Å². The second kappa shape index (κ2) is 7.74. The number of carbonyl (C=O) groups excluding carboxylic acids is 2. The number of hydrogen-bond acceptors (Lipinski definition) is 3. The van der Waals surface area contributed by atoms with Gasteiger partial charge >= 0.3 is 0 Å². The third-order valence-electron chi connectivity index (χ3n) is 3.87. The molecular formula is C20H24N2O2S. The predicted molar refractivity (Wildman–Crippen MR) is 104 cm³/mol. The standard InChI is InChI=1S/C20H24N2O2S/c1-13-5-8-15(20(2,3)4)11-17(13)25-12-18(23)22-16-9-6-14(7-10-16)19(21)24/h5-11H,12H2,1-4H3,(H2,21,24)(H,22,23). The van der Waals surface area contributed by atoms with Crippen LogP contribution in [0.5, 0.6) is 0 Å². The lowest BCUT2D eigenvalue weighted by Crippen LogP contribution is -2.15. The molecule has 0 aliphatic carbocycles. The molecule has 0 spiro atoms. The fraction of sp³-hybridized carbons (Fsp3) is 0.300. The van der Waals surface area contributed by atoms with Crippen LogP contribution in [0.15, 0.2) is 47.4 Å². The van der Waals surface area contributed by atoms with E-state index in [1.807, 2.05) is 0 Å². The summed E-state index contributed by atoms with van der Waals surface area (Å²) in [4.78, 5) is 24.3. The Hall–Kier alpha value is -2.27. The lowest BCUT2D eigenvalue weighted by molar-refractivity contribution is -0.113. The molecule has 0 saturated heterocycles. The summed E-state index contributed by atoms with van der Waals surface area (Å²) < 4.78 is 0. The molecule has 0 radical (unpaired) electrons. The van der Waals surface area contributed by atoms with Gasteiger partial charge in [-0.2, -0.15) is 0 Å². The monoisotopic (exact) mass is 356 g/mol. The van der Waals surface area contributed by atoms with Crippen molar-refractivity contribution in [2.24, 2.45) is 5.73 Å². The number of carbonyl (C=O) groups is 2. The van der Waals surface area contributed by atoms with Gasteiger partial charge in [-0.25, -0.2) is 0 Å². The van der Waals surface area contributed by atoms with Crippen LogP contribution in [-0.2, 0) is 10.2 Å². The summed E-state index contributed by atoms with van der Waals surface area (Å²) in [6, 6.07) is 12.9. The summed E-state index contributed by atoms with van der Waals surface area (Å²) in [6.07, 6.45) is 0. The van der Waals surface area contributed by atoms with E-state index < -0.39 is 5.91 Å². The molecule has 0 aliphatic heterocycles. The van der Waals surface area contributed by atoms with Gasteiger partial charge in [-0.3, -0.25) is 9.59 Å². The molecule has 2 aromatic rings. The molecule has 0 atom stereocenters. The fourth-order valence-corrected chi connectivity index (χ4v) is 3.15. The van der Waals surface area contributed by atoms with Crippen LogP contribution in [0.2, 0.25) is 0 Å². The van der Waals surface area contributed by atoms with Crippen molar-refractivity contribution in [2.45, 2.75) is 38.0 Å². The Morgan fingerprint density at radius 3 is 2.28 bits per heavy atom. The Morgan fingerprint density at radius 1 is 1.08 bits per heavy atom. The normalized spacial score (nSPS) is 11.2. The molecule has 2 aromatic carbocycles. The molecule has 0 fully saturated rings. The van der Waals surface area contributed by atoms with Crippen LogP contribution >= 0.6 is 11.8 Å². The van der Waals surface area contributed by atoms with E-state index in [2.05, 4.69) is 51.2 Å². The minimum atomic E-state index is -0.484. The van der Waals surface area contributed by atoms with Gasteiger partial charge in [0, 0.05) is 16.1 Å². The summed E-state index contributed by atoms with van der Waals surface area (Å²) in [5.41, 5.74) is 8.76. The topological polar surface area (TPSA) is 72.2 Å². The molecule has 0 heterocycles. The van der Waals surface area contributed by atoms with Gasteiger partial charge < -0.3 is 11.1 Å². The molecule has 0 bridgehead atoms. The Kier molecular flexibility index (Phi) is 5.90. The van der Waals surface area contributed by atoms with Crippen molar-refractivity contribution in [3.8, 4) is 0 Å². The number of benzene rings is 2. The number of primary amides is 1. The molecule has 132 valence electrons. The predicted octanol–water partition coefficient (Wildman–Crippen LogP) is 4.12. The highest BCUT2D eigenvalue weighted by atomic mass is 32.2. The zero-order chi connectivity index (χ0) is 18.6. The molecular weight excluding hydrogens is 332 g/mol. The number of aryl methyl sites for hydroxylation is 1. The number of nitrogens with two attached hydrogens (primary N) is 1. The number of nitrogens with one attached hydrogen (secondary N) is 1. The summed E-state index contributed by atoms with van der Waals surface area (Å²) >= 11 is 1.53. The maximum Gasteiger partial charge on any atom is 0.248 e. The Bertz CT molecular complexity index is 777.